The van der Waals surface area contributed by atoms with Gasteiger partial charge in [-0.05, 0) is 30.5 Å². The molecule has 0 heterocycles. The predicted octanol–water partition coefficient (Wildman–Crippen LogP) is 3.39. The monoisotopic (exact) mass is 282 g/mol. The van der Waals surface area contributed by atoms with Crippen molar-refractivity contribution in [3.8, 4) is 0 Å². The fourth-order valence-electron chi connectivity index (χ4n) is 1.23. The van der Waals surface area contributed by atoms with E-state index >= 15 is 0 Å². The summed E-state index contributed by atoms with van der Waals surface area (Å²) in [6.07, 6.45) is -3.42. The molecule has 5 heteroatoms. The first-order valence-corrected chi connectivity index (χ1v) is 5.21. The Hall–Kier alpha value is -0.550. The number of aliphatic hydroxyl groups excluding tert-OH is 1. The van der Waals surface area contributed by atoms with Gasteiger partial charge in [-0.2, -0.15) is 13.2 Å². The quantitative estimate of drug-likeness (QED) is 0.901. The maximum Gasteiger partial charge on any atom is 0.417 e. The molecule has 0 aliphatic heterocycles. The Morgan fingerprint density at radius 1 is 1.27 bits per heavy atom. The van der Waals surface area contributed by atoms with Gasteiger partial charge in [0.2, 0.25) is 0 Å². The van der Waals surface area contributed by atoms with Crippen molar-refractivity contribution >= 4 is 15.9 Å². The molecule has 0 aromatic heterocycles. The Morgan fingerprint density at radius 2 is 1.93 bits per heavy atom. The van der Waals surface area contributed by atoms with Crippen molar-refractivity contribution in [3.63, 3.8) is 0 Å². The Labute approximate surface area is 94.0 Å². The van der Waals surface area contributed by atoms with Crippen LogP contribution in [-0.2, 0) is 12.6 Å². The van der Waals surface area contributed by atoms with Crippen LogP contribution in [0, 0.1) is 0 Å². The molecule has 0 spiro atoms. The van der Waals surface area contributed by atoms with Crippen molar-refractivity contribution in [1.29, 1.82) is 0 Å². The Morgan fingerprint density at radius 3 is 2.47 bits per heavy atom. The van der Waals surface area contributed by atoms with Crippen molar-refractivity contribution in [3.05, 3.63) is 33.8 Å². The lowest BCUT2D eigenvalue weighted by Gasteiger charge is -2.10. The molecule has 0 amide bonds. The van der Waals surface area contributed by atoms with Gasteiger partial charge < -0.3 is 5.11 Å². The molecule has 1 nitrogen and oxygen atoms in total. The standard InChI is InChI=1S/C10H10BrF3O/c11-9-4-3-7(2-1-5-15)6-8(9)10(12,13)14/h3-4,6,15H,1-2,5H2. The van der Waals surface area contributed by atoms with Crippen molar-refractivity contribution < 1.29 is 18.3 Å². The van der Waals surface area contributed by atoms with Gasteiger partial charge in [-0.25, -0.2) is 0 Å². The minimum absolute atomic E-state index is 0.0165. The number of hydrogen-bond donors (Lipinski definition) is 1. The largest absolute Gasteiger partial charge is 0.417 e. The van der Waals surface area contributed by atoms with Gasteiger partial charge in [0.25, 0.3) is 0 Å². The van der Waals surface area contributed by atoms with Gasteiger partial charge in [0.05, 0.1) is 5.56 Å². The zero-order valence-electron chi connectivity index (χ0n) is 7.81. The zero-order chi connectivity index (χ0) is 11.5. The van der Waals surface area contributed by atoms with Crippen LogP contribution in [0.4, 0.5) is 13.2 Å². The van der Waals surface area contributed by atoms with Crippen molar-refractivity contribution in [2.45, 2.75) is 19.0 Å². The van der Waals surface area contributed by atoms with E-state index in [1.807, 2.05) is 0 Å². The van der Waals surface area contributed by atoms with Crippen molar-refractivity contribution in [2.24, 2.45) is 0 Å². The number of benzene rings is 1. The number of halogens is 4. The van der Waals surface area contributed by atoms with Gasteiger partial charge >= 0.3 is 6.18 Å². The van der Waals surface area contributed by atoms with E-state index in [0.717, 1.165) is 6.07 Å². The molecule has 0 fully saturated rings. The average Bonchev–Trinajstić information content (AvgIpc) is 2.15. The molecule has 0 atom stereocenters. The molecule has 0 aliphatic rings. The van der Waals surface area contributed by atoms with E-state index in [-0.39, 0.29) is 11.1 Å². The first kappa shape index (κ1) is 12.5. The molecular weight excluding hydrogens is 273 g/mol. The summed E-state index contributed by atoms with van der Waals surface area (Å²) in [4.78, 5) is 0. The number of aryl methyl sites for hydroxylation is 1. The van der Waals surface area contributed by atoms with E-state index in [9.17, 15) is 13.2 Å². The number of hydrogen-bond acceptors (Lipinski definition) is 1. The van der Waals surface area contributed by atoms with Gasteiger partial charge in [0.1, 0.15) is 0 Å². The Kier molecular flexibility index (Phi) is 4.16. The van der Waals surface area contributed by atoms with E-state index in [2.05, 4.69) is 15.9 Å². The second-order valence-corrected chi connectivity index (χ2v) is 3.99. The maximum atomic E-state index is 12.5. The van der Waals surface area contributed by atoms with Gasteiger partial charge in [-0.1, -0.05) is 22.0 Å². The molecule has 0 aliphatic carbocycles. The molecule has 0 unspecified atom stereocenters. The van der Waals surface area contributed by atoms with Gasteiger partial charge in [0, 0.05) is 11.1 Å². The lowest BCUT2D eigenvalue weighted by atomic mass is 10.1. The molecule has 15 heavy (non-hydrogen) atoms. The summed E-state index contributed by atoms with van der Waals surface area (Å²) in [5.74, 6) is 0. The highest BCUT2D eigenvalue weighted by atomic mass is 79.9. The zero-order valence-corrected chi connectivity index (χ0v) is 9.40. The van der Waals surface area contributed by atoms with Crippen molar-refractivity contribution in [1.82, 2.24) is 0 Å². The summed E-state index contributed by atoms with van der Waals surface area (Å²) in [5.41, 5.74) is -0.0856. The first-order valence-electron chi connectivity index (χ1n) is 4.41. The van der Waals surface area contributed by atoms with E-state index in [4.69, 9.17) is 5.11 Å². The molecule has 1 aromatic rings. The maximum absolute atomic E-state index is 12.5. The summed E-state index contributed by atoms with van der Waals surface area (Å²) in [5, 5.41) is 8.58. The first-order chi connectivity index (χ1) is 6.95. The van der Waals surface area contributed by atoms with Gasteiger partial charge in [0.15, 0.2) is 0 Å². The topological polar surface area (TPSA) is 20.2 Å². The number of aliphatic hydroxyl groups is 1. The fourth-order valence-corrected chi connectivity index (χ4v) is 1.70. The molecule has 1 rings (SSSR count). The lowest BCUT2D eigenvalue weighted by molar-refractivity contribution is -0.138. The molecule has 0 radical (unpaired) electrons. The summed E-state index contributed by atoms with van der Waals surface area (Å²) >= 11 is 2.87. The van der Waals surface area contributed by atoms with Crippen LogP contribution >= 0.6 is 15.9 Å². The lowest BCUT2D eigenvalue weighted by Crippen LogP contribution is -2.07. The molecule has 84 valence electrons. The molecule has 0 bridgehead atoms. The Bertz CT molecular complexity index is 336. The predicted molar refractivity (Wildman–Crippen MR) is 54.6 cm³/mol. The van der Waals surface area contributed by atoms with E-state index in [1.54, 1.807) is 6.07 Å². The minimum Gasteiger partial charge on any atom is -0.396 e. The number of rotatable bonds is 3. The highest BCUT2D eigenvalue weighted by Crippen LogP contribution is 2.35. The van der Waals surface area contributed by atoms with Crippen LogP contribution in [0.25, 0.3) is 0 Å². The van der Waals surface area contributed by atoms with Crippen LogP contribution in [0.1, 0.15) is 17.5 Å². The molecule has 1 aromatic carbocycles. The molecule has 0 saturated heterocycles. The summed E-state index contributed by atoms with van der Waals surface area (Å²) < 4.78 is 37.5. The second kappa shape index (κ2) is 4.99. The van der Waals surface area contributed by atoms with Crippen LogP contribution in [0.15, 0.2) is 22.7 Å². The molecular formula is C10H10BrF3O. The summed E-state index contributed by atoms with van der Waals surface area (Å²) in [7, 11) is 0. The Balaban J connectivity index is 2.95. The molecule has 0 saturated carbocycles. The van der Waals surface area contributed by atoms with Crippen molar-refractivity contribution in [2.75, 3.05) is 6.61 Å². The van der Waals surface area contributed by atoms with Crippen LogP contribution in [-0.4, -0.2) is 11.7 Å². The highest BCUT2D eigenvalue weighted by molar-refractivity contribution is 9.10. The van der Waals surface area contributed by atoms with Crippen LogP contribution in [0.2, 0.25) is 0 Å². The minimum atomic E-state index is -4.34. The third-order valence-electron chi connectivity index (χ3n) is 1.96. The molecule has 1 N–H and O–H groups in total. The third-order valence-corrected chi connectivity index (χ3v) is 2.65. The average molecular weight is 283 g/mol. The highest BCUT2D eigenvalue weighted by Gasteiger charge is 2.32. The van der Waals surface area contributed by atoms with Crippen LogP contribution in [0.3, 0.4) is 0 Å². The van der Waals surface area contributed by atoms with Crippen LogP contribution in [0.5, 0.6) is 0 Å². The van der Waals surface area contributed by atoms with E-state index < -0.39 is 11.7 Å². The van der Waals surface area contributed by atoms with Gasteiger partial charge in [-0.15, -0.1) is 0 Å². The fraction of sp³-hybridized carbons (Fsp3) is 0.400. The smallest absolute Gasteiger partial charge is 0.396 e. The van der Waals surface area contributed by atoms with E-state index in [0.29, 0.717) is 18.4 Å². The second-order valence-electron chi connectivity index (χ2n) is 3.14. The summed E-state index contributed by atoms with van der Waals surface area (Å²) in [6.45, 7) is -0.0165. The van der Waals surface area contributed by atoms with E-state index in [1.165, 1.54) is 6.07 Å². The SMILES string of the molecule is OCCCc1ccc(Br)c(C(F)(F)F)c1. The van der Waals surface area contributed by atoms with Crippen LogP contribution < -0.4 is 0 Å². The normalized spacial score (nSPS) is 11.8. The summed E-state index contributed by atoms with van der Waals surface area (Å²) in [6, 6.07) is 4.12. The third kappa shape index (κ3) is 3.50. The van der Waals surface area contributed by atoms with Gasteiger partial charge in [-0.3, -0.25) is 0 Å². The number of alkyl halides is 3.